The Morgan fingerprint density at radius 3 is 1.88 bits per heavy atom. The second-order valence-electron chi connectivity index (χ2n) is 2.99. The van der Waals surface area contributed by atoms with E-state index in [0.29, 0.717) is 0 Å². The van der Waals surface area contributed by atoms with Crippen LogP contribution >= 0.6 is 0 Å². The van der Waals surface area contributed by atoms with Gasteiger partial charge in [0.1, 0.15) is 0 Å². The van der Waals surface area contributed by atoms with E-state index in [2.05, 4.69) is 30.9 Å². The summed E-state index contributed by atoms with van der Waals surface area (Å²) in [6.07, 6.45) is 3.68. The standard InChI is InChI=1S/C9H9.C6H5.Y/c1-2-6-9-7-4-3-5-8-9;1-2-4-6-5-3-1;/h3-5,7-8H,1,6H2;1-5H;/q2*-1;. The molecule has 0 atom stereocenters. The fraction of sp³-hybridized carbons (Fsp3) is 0.0667. The molecule has 0 saturated carbocycles. The van der Waals surface area contributed by atoms with E-state index in [0.717, 1.165) is 6.42 Å². The number of hydrogen-bond acceptors (Lipinski definition) is 0. The molecular formula is C15H14Y-2. The summed E-state index contributed by atoms with van der Waals surface area (Å²) in [5.74, 6) is 0. The molecule has 0 heterocycles. The summed E-state index contributed by atoms with van der Waals surface area (Å²) in [7, 11) is 0. The molecule has 1 radical (unpaired) electrons. The molecule has 1 heteroatoms. The van der Waals surface area contributed by atoms with Crippen molar-refractivity contribution in [1.82, 2.24) is 0 Å². The zero-order valence-electron chi connectivity index (χ0n) is 9.27. The molecule has 0 bridgehead atoms. The molecule has 0 aromatic heterocycles. The van der Waals surface area contributed by atoms with E-state index in [1.807, 2.05) is 48.5 Å². The van der Waals surface area contributed by atoms with Gasteiger partial charge in [-0.2, -0.15) is 42.8 Å². The van der Waals surface area contributed by atoms with Gasteiger partial charge in [-0.15, -0.1) is 0 Å². The van der Waals surface area contributed by atoms with E-state index in [1.54, 1.807) is 0 Å². The Labute approximate surface area is 123 Å². The average molecular weight is 283 g/mol. The third kappa shape index (κ3) is 7.56. The van der Waals surface area contributed by atoms with Gasteiger partial charge in [0.05, 0.1) is 0 Å². The van der Waals surface area contributed by atoms with Crippen LogP contribution in [-0.4, -0.2) is 0 Å². The van der Waals surface area contributed by atoms with E-state index >= 15 is 0 Å². The minimum Gasteiger partial charge on any atom is -0.500 e. The van der Waals surface area contributed by atoms with E-state index in [-0.39, 0.29) is 32.7 Å². The third-order valence-corrected chi connectivity index (χ3v) is 1.78. The molecule has 0 aliphatic carbocycles. The van der Waals surface area contributed by atoms with Crippen molar-refractivity contribution >= 4 is 0 Å². The molecule has 16 heavy (non-hydrogen) atoms. The second-order valence-corrected chi connectivity index (χ2v) is 2.99. The van der Waals surface area contributed by atoms with Crippen molar-refractivity contribution in [3.05, 3.63) is 84.9 Å². The summed E-state index contributed by atoms with van der Waals surface area (Å²) in [5, 5.41) is 0. The van der Waals surface area contributed by atoms with Gasteiger partial charge < -0.3 is 6.08 Å². The van der Waals surface area contributed by atoms with Crippen LogP contribution in [0.4, 0.5) is 0 Å². The first-order chi connectivity index (χ1) is 7.43. The Hall–Kier alpha value is -0.716. The zero-order chi connectivity index (χ0) is 10.8. The molecule has 0 unspecified atom stereocenters. The Kier molecular flexibility index (Phi) is 10.3. The summed E-state index contributed by atoms with van der Waals surface area (Å²) in [6, 6.07) is 22.7. The molecule has 0 nitrogen and oxygen atoms in total. The number of hydrogen-bond donors (Lipinski definition) is 0. The van der Waals surface area contributed by atoms with Crippen LogP contribution in [0.25, 0.3) is 0 Å². The number of rotatable bonds is 2. The fourth-order valence-electron chi connectivity index (χ4n) is 1.08. The first-order valence-corrected chi connectivity index (χ1v) is 4.88. The minimum absolute atomic E-state index is 0. The SMILES string of the molecule is C=[C-]Cc1ccccc1.[Y].[c-]1ccccc1. The normalized spacial score (nSPS) is 8.00. The number of allylic oxidation sites excluding steroid dienone is 1. The third-order valence-electron chi connectivity index (χ3n) is 1.78. The smallest absolute Gasteiger partial charge is 0 e. The fourth-order valence-corrected chi connectivity index (χ4v) is 1.08. The van der Waals surface area contributed by atoms with E-state index in [9.17, 15) is 0 Å². The van der Waals surface area contributed by atoms with E-state index in [4.69, 9.17) is 0 Å². The summed E-state index contributed by atoms with van der Waals surface area (Å²) in [4.78, 5) is 0. The van der Waals surface area contributed by atoms with E-state index in [1.165, 1.54) is 5.56 Å². The minimum atomic E-state index is 0. The van der Waals surface area contributed by atoms with Gasteiger partial charge in [-0.1, -0.05) is 35.9 Å². The first-order valence-electron chi connectivity index (χ1n) is 4.88. The van der Waals surface area contributed by atoms with Crippen LogP contribution in [0.2, 0.25) is 0 Å². The van der Waals surface area contributed by atoms with Gasteiger partial charge >= 0.3 is 0 Å². The quantitative estimate of drug-likeness (QED) is 0.737. The Balaban J connectivity index is 0.000000283. The molecule has 2 aromatic rings. The van der Waals surface area contributed by atoms with Crippen LogP contribution in [-0.2, 0) is 39.1 Å². The maximum Gasteiger partial charge on any atom is 0 e. The van der Waals surface area contributed by atoms with Gasteiger partial charge in [-0.25, -0.2) is 0 Å². The van der Waals surface area contributed by atoms with Crippen molar-refractivity contribution in [3.63, 3.8) is 0 Å². The maximum absolute atomic E-state index is 3.53. The van der Waals surface area contributed by atoms with Gasteiger partial charge in [0.2, 0.25) is 0 Å². The molecule has 79 valence electrons. The van der Waals surface area contributed by atoms with Crippen molar-refractivity contribution in [2.75, 3.05) is 0 Å². The van der Waals surface area contributed by atoms with Gasteiger partial charge in [-0.05, 0) is 0 Å². The molecule has 0 saturated heterocycles. The van der Waals surface area contributed by atoms with Crippen molar-refractivity contribution in [3.8, 4) is 0 Å². The van der Waals surface area contributed by atoms with Crippen molar-refractivity contribution < 1.29 is 32.7 Å². The Bertz CT molecular complexity index is 327. The second kappa shape index (κ2) is 10.8. The predicted octanol–water partition coefficient (Wildman–Crippen LogP) is 3.70. The molecule has 0 fully saturated rings. The van der Waals surface area contributed by atoms with Gasteiger partial charge in [-0.3, -0.25) is 6.58 Å². The molecule has 2 rings (SSSR count). The summed E-state index contributed by atoms with van der Waals surface area (Å²) in [6.45, 7) is 3.53. The molecule has 0 aliphatic rings. The van der Waals surface area contributed by atoms with Crippen LogP contribution in [0.5, 0.6) is 0 Å². The summed E-state index contributed by atoms with van der Waals surface area (Å²) in [5.41, 5.74) is 1.27. The molecular weight excluding hydrogens is 269 g/mol. The Morgan fingerprint density at radius 1 is 0.938 bits per heavy atom. The van der Waals surface area contributed by atoms with Crippen LogP contribution in [0.1, 0.15) is 5.56 Å². The zero-order valence-corrected chi connectivity index (χ0v) is 12.1. The van der Waals surface area contributed by atoms with Gasteiger partial charge in [0.25, 0.3) is 0 Å². The monoisotopic (exact) mass is 283 g/mol. The van der Waals surface area contributed by atoms with Crippen LogP contribution in [0.3, 0.4) is 0 Å². The number of benzene rings is 2. The topological polar surface area (TPSA) is 0 Å². The molecule has 0 amide bonds. The molecule has 0 aliphatic heterocycles. The summed E-state index contributed by atoms with van der Waals surface area (Å²) < 4.78 is 0. The van der Waals surface area contributed by atoms with Crippen LogP contribution in [0.15, 0.2) is 67.2 Å². The first kappa shape index (κ1) is 15.3. The Morgan fingerprint density at radius 2 is 1.50 bits per heavy atom. The molecule has 0 spiro atoms. The average Bonchev–Trinajstić information content (AvgIpc) is 2.34. The molecule has 0 N–H and O–H groups in total. The van der Waals surface area contributed by atoms with Gasteiger partial charge in [0, 0.05) is 32.7 Å². The van der Waals surface area contributed by atoms with Crippen LogP contribution in [0, 0.1) is 12.1 Å². The largest absolute Gasteiger partial charge is 0.500 e. The van der Waals surface area contributed by atoms with E-state index < -0.39 is 0 Å². The van der Waals surface area contributed by atoms with Gasteiger partial charge in [0.15, 0.2) is 0 Å². The predicted molar refractivity (Wildman–Crippen MR) is 64.3 cm³/mol. The maximum atomic E-state index is 3.53. The van der Waals surface area contributed by atoms with Crippen LogP contribution < -0.4 is 0 Å². The molecule has 2 aromatic carbocycles. The van der Waals surface area contributed by atoms with Crippen molar-refractivity contribution in [1.29, 1.82) is 0 Å². The van der Waals surface area contributed by atoms with Crippen molar-refractivity contribution in [2.24, 2.45) is 0 Å². The van der Waals surface area contributed by atoms with Crippen molar-refractivity contribution in [2.45, 2.75) is 6.42 Å². The summed E-state index contributed by atoms with van der Waals surface area (Å²) >= 11 is 0.